The van der Waals surface area contributed by atoms with Crippen LogP contribution < -0.4 is 5.32 Å². The smallest absolute Gasteiger partial charge is 0.271 e. The molecule has 17 heavy (non-hydrogen) atoms. The summed E-state index contributed by atoms with van der Waals surface area (Å²) in [5.41, 5.74) is 1.30. The third-order valence-corrected chi connectivity index (χ3v) is 3.02. The first kappa shape index (κ1) is 13.4. The molecular formula is C10H14N2O4S. The zero-order valence-corrected chi connectivity index (χ0v) is 10.5. The third kappa shape index (κ3) is 4.81. The maximum Gasteiger partial charge on any atom is 0.271 e. The van der Waals surface area contributed by atoms with Gasteiger partial charge in [0, 0.05) is 30.6 Å². The molecule has 7 heteroatoms. The normalized spacial score (nSPS) is 11.2. The summed E-state index contributed by atoms with van der Waals surface area (Å²) in [5, 5.41) is 13.5. The maximum absolute atomic E-state index is 10.9. The van der Waals surface area contributed by atoms with Crippen molar-refractivity contribution < 1.29 is 13.3 Å². The molecule has 1 rings (SSSR count). The molecule has 0 aliphatic carbocycles. The van der Waals surface area contributed by atoms with E-state index in [1.54, 1.807) is 13.0 Å². The Balaban J connectivity index is 2.75. The lowest BCUT2D eigenvalue weighted by molar-refractivity contribution is -0.384. The molecule has 0 atom stereocenters. The minimum absolute atomic E-state index is 0.00522. The number of benzene rings is 1. The molecule has 0 bridgehead atoms. The molecule has 0 unspecified atom stereocenters. The quantitative estimate of drug-likeness (QED) is 0.636. The van der Waals surface area contributed by atoms with Crippen molar-refractivity contribution in [3.63, 3.8) is 0 Å². The topological polar surface area (TPSA) is 89.3 Å². The van der Waals surface area contributed by atoms with Gasteiger partial charge in [-0.05, 0) is 18.6 Å². The Kier molecular flexibility index (Phi) is 4.06. The molecule has 94 valence electrons. The van der Waals surface area contributed by atoms with Crippen LogP contribution in [0.1, 0.15) is 5.56 Å². The molecule has 6 nitrogen and oxygen atoms in total. The highest BCUT2D eigenvalue weighted by Gasteiger charge is 2.08. The van der Waals surface area contributed by atoms with Crippen molar-refractivity contribution in [2.45, 2.75) is 6.92 Å². The van der Waals surface area contributed by atoms with E-state index in [4.69, 9.17) is 0 Å². The standard InChI is InChI=1S/C10H14N2O4S/c1-8-5-9(7-10(6-8)12(13)14)11-3-4-17(2,15)16/h5-7,11H,3-4H2,1-2H3. The lowest BCUT2D eigenvalue weighted by atomic mass is 10.2. The predicted octanol–water partition coefficient (Wildman–Crippen LogP) is 1.36. The number of anilines is 1. The van der Waals surface area contributed by atoms with Gasteiger partial charge >= 0.3 is 0 Å². The first-order valence-corrected chi connectivity index (χ1v) is 7.02. The monoisotopic (exact) mass is 258 g/mol. The molecule has 0 saturated carbocycles. The van der Waals surface area contributed by atoms with Gasteiger partial charge in [-0.3, -0.25) is 10.1 Å². The van der Waals surface area contributed by atoms with E-state index in [0.717, 1.165) is 11.8 Å². The fraction of sp³-hybridized carbons (Fsp3) is 0.400. The zero-order valence-electron chi connectivity index (χ0n) is 9.63. The molecule has 0 amide bonds. The van der Waals surface area contributed by atoms with Crippen LogP contribution in [0.5, 0.6) is 0 Å². The molecular weight excluding hydrogens is 244 g/mol. The van der Waals surface area contributed by atoms with Gasteiger partial charge in [-0.1, -0.05) is 0 Å². The molecule has 0 fully saturated rings. The Morgan fingerprint density at radius 1 is 1.35 bits per heavy atom. The molecule has 0 heterocycles. The molecule has 0 radical (unpaired) electrons. The summed E-state index contributed by atoms with van der Waals surface area (Å²) >= 11 is 0. The molecule has 1 aromatic rings. The molecule has 0 aliphatic rings. The van der Waals surface area contributed by atoms with Crippen molar-refractivity contribution in [3.05, 3.63) is 33.9 Å². The average Bonchev–Trinajstić information content (AvgIpc) is 2.14. The number of aryl methyl sites for hydroxylation is 1. The molecule has 0 aromatic heterocycles. The molecule has 0 spiro atoms. The van der Waals surface area contributed by atoms with Gasteiger partial charge in [0.25, 0.3) is 5.69 Å². The number of hydrogen-bond donors (Lipinski definition) is 1. The fourth-order valence-electron chi connectivity index (χ4n) is 1.35. The highest BCUT2D eigenvalue weighted by molar-refractivity contribution is 7.90. The van der Waals surface area contributed by atoms with E-state index in [1.807, 2.05) is 0 Å². The average molecular weight is 258 g/mol. The fourth-order valence-corrected chi connectivity index (χ4v) is 1.82. The van der Waals surface area contributed by atoms with Gasteiger partial charge in [0.05, 0.1) is 10.7 Å². The molecule has 0 aliphatic heterocycles. The SMILES string of the molecule is Cc1cc(NCCS(C)(=O)=O)cc([N+](=O)[O-])c1. The van der Waals surface area contributed by atoms with Crippen LogP contribution in [-0.2, 0) is 9.84 Å². The van der Waals surface area contributed by atoms with Gasteiger partial charge in [0.1, 0.15) is 9.84 Å². The van der Waals surface area contributed by atoms with Gasteiger partial charge in [-0.15, -0.1) is 0 Å². The molecule has 1 N–H and O–H groups in total. The highest BCUT2D eigenvalue weighted by atomic mass is 32.2. The highest BCUT2D eigenvalue weighted by Crippen LogP contribution is 2.20. The largest absolute Gasteiger partial charge is 0.384 e. The van der Waals surface area contributed by atoms with E-state index in [2.05, 4.69) is 5.32 Å². The van der Waals surface area contributed by atoms with Crippen molar-refractivity contribution in [3.8, 4) is 0 Å². The van der Waals surface area contributed by atoms with Crippen LogP contribution in [0, 0.1) is 17.0 Å². The molecule has 1 aromatic carbocycles. The number of nitrogens with zero attached hydrogens (tertiary/aromatic N) is 1. The summed E-state index contributed by atoms with van der Waals surface area (Å²) in [6, 6.07) is 4.58. The third-order valence-electron chi connectivity index (χ3n) is 2.07. The minimum atomic E-state index is -3.03. The van der Waals surface area contributed by atoms with E-state index in [0.29, 0.717) is 5.69 Å². The number of nitrogens with one attached hydrogen (secondary N) is 1. The van der Waals surface area contributed by atoms with E-state index in [1.165, 1.54) is 12.1 Å². The van der Waals surface area contributed by atoms with Crippen molar-refractivity contribution in [2.24, 2.45) is 0 Å². The van der Waals surface area contributed by atoms with Crippen molar-refractivity contribution >= 4 is 21.2 Å². The van der Waals surface area contributed by atoms with Crippen LogP contribution in [0.15, 0.2) is 18.2 Å². The van der Waals surface area contributed by atoms with Crippen LogP contribution >= 0.6 is 0 Å². The van der Waals surface area contributed by atoms with Gasteiger partial charge in [-0.2, -0.15) is 0 Å². The van der Waals surface area contributed by atoms with Crippen molar-refractivity contribution in [1.29, 1.82) is 0 Å². The van der Waals surface area contributed by atoms with Gasteiger partial charge in [0.2, 0.25) is 0 Å². The number of non-ortho nitro benzene ring substituents is 1. The summed E-state index contributed by atoms with van der Waals surface area (Å²) in [6.07, 6.45) is 1.15. The first-order chi connectivity index (χ1) is 7.78. The number of nitro groups is 1. The number of sulfone groups is 1. The van der Waals surface area contributed by atoms with E-state index >= 15 is 0 Å². The number of rotatable bonds is 5. The van der Waals surface area contributed by atoms with E-state index in [-0.39, 0.29) is 18.0 Å². The molecule has 0 saturated heterocycles. The van der Waals surface area contributed by atoms with Crippen LogP contribution in [0.25, 0.3) is 0 Å². The van der Waals surface area contributed by atoms with E-state index in [9.17, 15) is 18.5 Å². The Morgan fingerprint density at radius 3 is 2.53 bits per heavy atom. The predicted molar refractivity (Wildman–Crippen MR) is 66.0 cm³/mol. The lowest BCUT2D eigenvalue weighted by Crippen LogP contribution is -2.14. The zero-order chi connectivity index (χ0) is 13.1. The van der Waals surface area contributed by atoms with Crippen molar-refractivity contribution in [2.75, 3.05) is 23.9 Å². The van der Waals surface area contributed by atoms with Gasteiger partial charge in [0.15, 0.2) is 0 Å². The van der Waals surface area contributed by atoms with Crippen LogP contribution in [0.4, 0.5) is 11.4 Å². The summed E-state index contributed by atoms with van der Waals surface area (Å²) in [6.45, 7) is 1.98. The van der Waals surface area contributed by atoms with Gasteiger partial charge < -0.3 is 5.32 Å². The van der Waals surface area contributed by atoms with Crippen LogP contribution in [0.2, 0.25) is 0 Å². The lowest BCUT2D eigenvalue weighted by Gasteiger charge is -2.06. The maximum atomic E-state index is 10.9. The summed E-state index contributed by atoms with van der Waals surface area (Å²) in [5.74, 6) is -0.00522. The van der Waals surface area contributed by atoms with E-state index < -0.39 is 14.8 Å². The van der Waals surface area contributed by atoms with Crippen molar-refractivity contribution in [1.82, 2.24) is 0 Å². The Morgan fingerprint density at radius 2 is 2.00 bits per heavy atom. The second kappa shape index (κ2) is 5.13. The number of nitro benzene ring substituents is 1. The Labute approximate surface area is 99.7 Å². The second-order valence-corrected chi connectivity index (χ2v) is 6.13. The summed E-state index contributed by atoms with van der Waals surface area (Å²) in [4.78, 5) is 10.1. The minimum Gasteiger partial charge on any atom is -0.384 e. The Hall–Kier alpha value is -1.63. The second-order valence-electron chi connectivity index (χ2n) is 3.87. The Bertz CT molecular complexity index is 525. The first-order valence-electron chi connectivity index (χ1n) is 4.95. The van der Waals surface area contributed by atoms with Gasteiger partial charge in [-0.25, -0.2) is 8.42 Å². The summed E-state index contributed by atoms with van der Waals surface area (Å²) < 4.78 is 21.8. The summed E-state index contributed by atoms with van der Waals surface area (Å²) in [7, 11) is -3.03. The van der Waals surface area contributed by atoms with Crippen LogP contribution in [-0.4, -0.2) is 31.9 Å². The van der Waals surface area contributed by atoms with Crippen LogP contribution in [0.3, 0.4) is 0 Å². The number of hydrogen-bond acceptors (Lipinski definition) is 5.